The van der Waals surface area contributed by atoms with E-state index in [1.807, 2.05) is 0 Å². The summed E-state index contributed by atoms with van der Waals surface area (Å²) in [6, 6.07) is 3.45. The molecule has 0 unspecified atom stereocenters. The fourth-order valence-corrected chi connectivity index (χ4v) is 1.76. The molecule has 0 atom stereocenters. The summed E-state index contributed by atoms with van der Waals surface area (Å²) in [6.07, 6.45) is 0. The second-order valence-electron chi connectivity index (χ2n) is 3.33. The van der Waals surface area contributed by atoms with Crippen LogP contribution in [0.1, 0.15) is 25.1 Å². The molecular weight excluding hydrogens is 209 g/mol. The maximum Gasteiger partial charge on any atom is 0.132 e. The molecule has 0 saturated heterocycles. The van der Waals surface area contributed by atoms with Gasteiger partial charge in [-0.3, -0.25) is 0 Å². The highest BCUT2D eigenvalue weighted by molar-refractivity contribution is 8.21. The Morgan fingerprint density at radius 1 is 1.46 bits per heavy atom. The lowest BCUT2D eigenvalue weighted by Crippen LogP contribution is -2.12. The zero-order valence-corrected chi connectivity index (χ0v) is 9.34. The SMILES string of the molecule is Cc1nc(SCl)ccc1C(C)(C)F. The average Bonchev–Trinajstić information content (AvgIpc) is 2.01. The van der Waals surface area contributed by atoms with Crippen LogP contribution in [0.3, 0.4) is 0 Å². The van der Waals surface area contributed by atoms with Gasteiger partial charge in [-0.2, -0.15) is 0 Å². The molecule has 0 N–H and O–H groups in total. The van der Waals surface area contributed by atoms with Crippen molar-refractivity contribution in [2.75, 3.05) is 0 Å². The van der Waals surface area contributed by atoms with Crippen LogP contribution in [0.2, 0.25) is 0 Å². The summed E-state index contributed by atoms with van der Waals surface area (Å²) in [6.45, 7) is 4.82. The fourth-order valence-electron chi connectivity index (χ4n) is 1.21. The quantitative estimate of drug-likeness (QED) is 0.750. The Bertz CT molecular complexity index is 309. The van der Waals surface area contributed by atoms with Crippen molar-refractivity contribution in [2.24, 2.45) is 0 Å². The lowest BCUT2D eigenvalue weighted by molar-refractivity contribution is 0.219. The molecule has 1 heterocycles. The van der Waals surface area contributed by atoms with Crippen LogP contribution in [0.15, 0.2) is 17.2 Å². The van der Waals surface area contributed by atoms with Crippen LogP contribution in [0, 0.1) is 6.92 Å². The van der Waals surface area contributed by atoms with Crippen molar-refractivity contribution in [3.8, 4) is 0 Å². The van der Waals surface area contributed by atoms with E-state index in [-0.39, 0.29) is 0 Å². The van der Waals surface area contributed by atoms with Gasteiger partial charge < -0.3 is 0 Å². The lowest BCUT2D eigenvalue weighted by Gasteiger charge is -2.16. The van der Waals surface area contributed by atoms with Gasteiger partial charge in [-0.1, -0.05) is 6.07 Å². The Hall–Kier alpha value is -0.280. The monoisotopic (exact) mass is 219 g/mol. The number of alkyl halides is 1. The van der Waals surface area contributed by atoms with Crippen molar-refractivity contribution in [1.82, 2.24) is 4.98 Å². The third-order valence-electron chi connectivity index (χ3n) is 1.78. The molecule has 0 saturated carbocycles. The molecule has 0 aliphatic carbocycles. The summed E-state index contributed by atoms with van der Waals surface area (Å²) in [4.78, 5) is 4.15. The number of pyridine rings is 1. The first-order valence-electron chi connectivity index (χ1n) is 3.91. The molecule has 0 spiro atoms. The minimum atomic E-state index is -1.34. The third-order valence-corrected chi connectivity index (χ3v) is 2.64. The average molecular weight is 220 g/mol. The Labute approximate surface area is 86.2 Å². The molecule has 1 aromatic heterocycles. The Morgan fingerprint density at radius 3 is 2.46 bits per heavy atom. The van der Waals surface area contributed by atoms with Crippen LogP contribution in [0.25, 0.3) is 0 Å². The minimum absolute atomic E-state index is 0.613. The summed E-state index contributed by atoms with van der Waals surface area (Å²) >= 11 is 0. The van der Waals surface area contributed by atoms with Crippen molar-refractivity contribution in [3.63, 3.8) is 0 Å². The van der Waals surface area contributed by atoms with Crippen molar-refractivity contribution in [1.29, 1.82) is 0 Å². The molecule has 0 amide bonds. The molecule has 0 radical (unpaired) electrons. The zero-order chi connectivity index (χ0) is 10.1. The van der Waals surface area contributed by atoms with Gasteiger partial charge in [0.15, 0.2) is 0 Å². The fraction of sp³-hybridized carbons (Fsp3) is 0.444. The predicted octanol–water partition coefficient (Wildman–Crippen LogP) is 3.84. The minimum Gasteiger partial charge on any atom is -0.245 e. The normalized spacial score (nSPS) is 11.8. The molecule has 1 rings (SSSR count). The molecule has 13 heavy (non-hydrogen) atoms. The highest BCUT2D eigenvalue weighted by Gasteiger charge is 2.21. The summed E-state index contributed by atoms with van der Waals surface area (Å²) in [5.41, 5.74) is -0.0350. The summed E-state index contributed by atoms with van der Waals surface area (Å²) in [7, 11) is 6.57. The molecule has 1 aromatic rings. The first kappa shape index (κ1) is 10.8. The molecule has 1 nitrogen and oxygen atoms in total. The topological polar surface area (TPSA) is 12.9 Å². The molecule has 0 aromatic carbocycles. The van der Waals surface area contributed by atoms with E-state index < -0.39 is 5.67 Å². The molecule has 0 aliphatic heterocycles. The molecule has 4 heteroatoms. The Kier molecular flexibility index (Phi) is 3.19. The van der Waals surface area contributed by atoms with E-state index in [0.29, 0.717) is 16.3 Å². The van der Waals surface area contributed by atoms with E-state index in [0.717, 1.165) is 11.0 Å². The predicted molar refractivity (Wildman–Crippen MR) is 54.8 cm³/mol. The summed E-state index contributed by atoms with van der Waals surface area (Å²) in [5, 5.41) is 0.701. The van der Waals surface area contributed by atoms with Crippen molar-refractivity contribution >= 4 is 21.7 Å². The second-order valence-corrected chi connectivity index (χ2v) is 4.37. The standard InChI is InChI=1S/C9H11ClFNS/c1-6-7(9(2,3)11)4-5-8(12-6)13-10/h4-5H,1-3H3. The summed E-state index contributed by atoms with van der Waals surface area (Å²) < 4.78 is 13.5. The van der Waals surface area contributed by atoms with Gasteiger partial charge in [-0.25, -0.2) is 9.37 Å². The van der Waals surface area contributed by atoms with Crippen LogP contribution in [-0.2, 0) is 5.67 Å². The number of hydrogen-bond donors (Lipinski definition) is 0. The number of halogens is 2. The first-order chi connectivity index (χ1) is 5.95. The van der Waals surface area contributed by atoms with Gasteiger partial charge in [0.25, 0.3) is 0 Å². The number of aromatic nitrogens is 1. The van der Waals surface area contributed by atoms with Gasteiger partial charge in [0, 0.05) is 22.2 Å². The highest BCUT2D eigenvalue weighted by Crippen LogP contribution is 2.29. The number of aryl methyl sites for hydroxylation is 1. The van der Waals surface area contributed by atoms with E-state index >= 15 is 0 Å². The maximum absolute atomic E-state index is 13.5. The summed E-state index contributed by atoms with van der Waals surface area (Å²) in [5.74, 6) is 0. The van der Waals surface area contributed by atoms with Crippen LogP contribution < -0.4 is 0 Å². The van der Waals surface area contributed by atoms with E-state index in [4.69, 9.17) is 10.7 Å². The van der Waals surface area contributed by atoms with Crippen LogP contribution in [0.5, 0.6) is 0 Å². The van der Waals surface area contributed by atoms with Crippen molar-refractivity contribution < 1.29 is 4.39 Å². The molecule has 0 bridgehead atoms. The van der Waals surface area contributed by atoms with E-state index in [1.165, 1.54) is 13.8 Å². The van der Waals surface area contributed by atoms with Gasteiger partial charge >= 0.3 is 0 Å². The second kappa shape index (κ2) is 3.84. The number of nitrogens with zero attached hydrogens (tertiary/aromatic N) is 1. The van der Waals surface area contributed by atoms with E-state index in [2.05, 4.69) is 4.98 Å². The largest absolute Gasteiger partial charge is 0.245 e. The van der Waals surface area contributed by atoms with Crippen LogP contribution >= 0.6 is 21.7 Å². The van der Waals surface area contributed by atoms with E-state index in [9.17, 15) is 4.39 Å². The van der Waals surface area contributed by atoms with Crippen molar-refractivity contribution in [3.05, 3.63) is 23.4 Å². The molecular formula is C9H11ClFNS. The first-order valence-corrected chi connectivity index (χ1v) is 5.55. The van der Waals surface area contributed by atoms with E-state index in [1.54, 1.807) is 19.1 Å². The Morgan fingerprint density at radius 2 is 2.08 bits per heavy atom. The van der Waals surface area contributed by atoms with Crippen molar-refractivity contribution in [2.45, 2.75) is 31.5 Å². The molecule has 72 valence electrons. The van der Waals surface area contributed by atoms with Crippen LogP contribution in [0.4, 0.5) is 4.39 Å². The van der Waals surface area contributed by atoms with Crippen LogP contribution in [-0.4, -0.2) is 4.98 Å². The zero-order valence-electron chi connectivity index (χ0n) is 7.77. The smallest absolute Gasteiger partial charge is 0.132 e. The molecule has 0 fully saturated rings. The van der Waals surface area contributed by atoms with Gasteiger partial charge in [-0.15, -0.1) is 0 Å². The number of rotatable bonds is 2. The third kappa shape index (κ3) is 2.58. The lowest BCUT2D eigenvalue weighted by atomic mass is 9.99. The van der Waals surface area contributed by atoms with Gasteiger partial charge in [-0.05, 0) is 37.5 Å². The Balaban J connectivity index is 3.13. The number of hydrogen-bond acceptors (Lipinski definition) is 2. The molecule has 0 aliphatic rings. The maximum atomic E-state index is 13.5. The van der Waals surface area contributed by atoms with Gasteiger partial charge in [0.05, 0.1) is 0 Å². The highest BCUT2D eigenvalue weighted by atomic mass is 35.7. The van der Waals surface area contributed by atoms with Gasteiger partial charge in [0.1, 0.15) is 10.7 Å². The van der Waals surface area contributed by atoms with Gasteiger partial charge in [0.2, 0.25) is 0 Å².